The molecule has 0 aliphatic carbocycles. The molecule has 5 aromatic rings. The van der Waals surface area contributed by atoms with Crippen LogP contribution in [0.1, 0.15) is 10.4 Å². The molecule has 0 saturated carbocycles. The van der Waals surface area contributed by atoms with Crippen molar-refractivity contribution >= 4 is 34.0 Å². The number of rotatable bonds is 1. The molecular formula is C26H15N3O2. The predicted molar refractivity (Wildman–Crippen MR) is 120 cm³/mol. The Labute approximate surface area is 177 Å². The summed E-state index contributed by atoms with van der Waals surface area (Å²) in [6, 6.07) is 29.6. The van der Waals surface area contributed by atoms with Crippen LogP contribution in [0.15, 0.2) is 91.0 Å². The number of fused-ring (bicyclic) bond motifs is 7. The summed E-state index contributed by atoms with van der Waals surface area (Å²) in [5.41, 5.74) is 5.97. The first kappa shape index (κ1) is 16.4. The smallest absolute Gasteiger partial charge is 0.264 e. The zero-order chi connectivity index (χ0) is 20.5. The number of hydrogen-bond acceptors (Lipinski definition) is 4. The number of carbonyl (C=O) groups is 1. The quantitative estimate of drug-likeness (QED) is 0.325. The number of ether oxygens (including phenoxy) is 1. The molecule has 0 bridgehead atoms. The van der Waals surface area contributed by atoms with Gasteiger partial charge in [-0.3, -0.25) is 9.36 Å². The van der Waals surface area contributed by atoms with Gasteiger partial charge in [-0.15, -0.1) is 0 Å². The van der Waals surface area contributed by atoms with Crippen LogP contribution >= 0.6 is 0 Å². The van der Waals surface area contributed by atoms with Crippen LogP contribution in [0.2, 0.25) is 0 Å². The first-order valence-corrected chi connectivity index (χ1v) is 10.1. The summed E-state index contributed by atoms with van der Waals surface area (Å²) in [6.45, 7) is 0. The van der Waals surface area contributed by atoms with Crippen LogP contribution < -0.4 is 9.64 Å². The second kappa shape index (κ2) is 5.83. The Morgan fingerprint density at radius 3 is 2.16 bits per heavy atom. The summed E-state index contributed by atoms with van der Waals surface area (Å²) in [7, 11) is 0. The molecule has 146 valence electrons. The zero-order valence-electron chi connectivity index (χ0n) is 16.3. The van der Waals surface area contributed by atoms with Crippen LogP contribution in [0.5, 0.6) is 11.5 Å². The van der Waals surface area contributed by atoms with Gasteiger partial charge in [0, 0.05) is 11.3 Å². The van der Waals surface area contributed by atoms with Crippen LogP contribution in [0.4, 0.5) is 17.1 Å². The maximum atomic E-state index is 13.4. The molecule has 1 aromatic heterocycles. The van der Waals surface area contributed by atoms with Gasteiger partial charge in [-0.05, 0) is 54.6 Å². The lowest BCUT2D eigenvalue weighted by Gasteiger charge is -2.32. The Hall–Kier alpha value is -4.38. The molecule has 0 unspecified atom stereocenters. The number of carbonyl (C=O) groups excluding carboxylic acids is 1. The van der Waals surface area contributed by atoms with E-state index in [4.69, 9.17) is 9.72 Å². The van der Waals surface area contributed by atoms with E-state index in [1.54, 1.807) is 4.57 Å². The summed E-state index contributed by atoms with van der Waals surface area (Å²) in [5.74, 6) is 2.23. The molecule has 0 N–H and O–H groups in total. The van der Waals surface area contributed by atoms with Crippen LogP contribution in [0.25, 0.3) is 22.4 Å². The van der Waals surface area contributed by atoms with E-state index in [1.165, 1.54) is 0 Å². The number of benzene rings is 4. The molecule has 0 spiro atoms. The average Bonchev–Trinajstić information content (AvgIpc) is 3.33. The van der Waals surface area contributed by atoms with Gasteiger partial charge in [0.25, 0.3) is 5.91 Å². The summed E-state index contributed by atoms with van der Waals surface area (Å²) >= 11 is 0. The van der Waals surface area contributed by atoms with Gasteiger partial charge < -0.3 is 9.64 Å². The van der Waals surface area contributed by atoms with E-state index in [1.807, 2.05) is 91.0 Å². The Bertz CT molecular complexity index is 1500. The molecule has 3 heterocycles. The maximum absolute atomic E-state index is 13.4. The Morgan fingerprint density at radius 2 is 1.39 bits per heavy atom. The van der Waals surface area contributed by atoms with Gasteiger partial charge in [-0.2, -0.15) is 0 Å². The van der Waals surface area contributed by atoms with Crippen molar-refractivity contribution < 1.29 is 9.53 Å². The van der Waals surface area contributed by atoms with Gasteiger partial charge in [0.1, 0.15) is 5.82 Å². The van der Waals surface area contributed by atoms with Crippen molar-refractivity contribution in [2.24, 2.45) is 0 Å². The molecule has 2 aliphatic rings. The third-order valence-corrected chi connectivity index (χ3v) is 5.93. The topological polar surface area (TPSA) is 47.4 Å². The van der Waals surface area contributed by atoms with Crippen LogP contribution in [0.3, 0.4) is 0 Å². The third-order valence-electron chi connectivity index (χ3n) is 5.93. The van der Waals surface area contributed by atoms with Gasteiger partial charge in [-0.1, -0.05) is 36.4 Å². The van der Waals surface area contributed by atoms with E-state index in [2.05, 4.69) is 4.90 Å². The highest BCUT2D eigenvalue weighted by Gasteiger charge is 2.32. The lowest BCUT2D eigenvalue weighted by atomic mass is 10.1. The Kier molecular flexibility index (Phi) is 3.09. The highest BCUT2D eigenvalue weighted by molar-refractivity contribution is 6.13. The van der Waals surface area contributed by atoms with Gasteiger partial charge in [0.2, 0.25) is 0 Å². The fourth-order valence-electron chi connectivity index (χ4n) is 4.56. The maximum Gasteiger partial charge on any atom is 0.264 e. The zero-order valence-corrected chi connectivity index (χ0v) is 16.3. The van der Waals surface area contributed by atoms with Gasteiger partial charge in [0.05, 0.1) is 28.0 Å². The normalized spacial score (nSPS) is 13.4. The van der Waals surface area contributed by atoms with E-state index in [0.717, 1.165) is 45.2 Å². The molecular weight excluding hydrogens is 386 g/mol. The SMILES string of the molecule is O=C1c2cc(N3c4ccccc4Oc4ccccc43)ccc2-c2nc3ccccc3n21. The van der Waals surface area contributed by atoms with Crippen molar-refractivity contribution in [3.05, 3.63) is 96.6 Å². The largest absolute Gasteiger partial charge is 0.453 e. The molecule has 5 heteroatoms. The first-order valence-electron chi connectivity index (χ1n) is 10.1. The molecule has 0 atom stereocenters. The van der Waals surface area contributed by atoms with Gasteiger partial charge in [-0.25, -0.2) is 4.98 Å². The van der Waals surface area contributed by atoms with E-state index in [9.17, 15) is 4.79 Å². The minimum atomic E-state index is -0.0459. The monoisotopic (exact) mass is 401 g/mol. The third kappa shape index (κ3) is 2.15. The molecule has 0 radical (unpaired) electrons. The molecule has 4 aromatic carbocycles. The average molecular weight is 401 g/mol. The van der Waals surface area contributed by atoms with Crippen molar-refractivity contribution in [2.45, 2.75) is 0 Å². The molecule has 0 amide bonds. The first-order chi connectivity index (χ1) is 15.3. The lowest BCUT2D eigenvalue weighted by Crippen LogP contribution is -2.16. The molecule has 7 rings (SSSR count). The van der Waals surface area contributed by atoms with Crippen molar-refractivity contribution in [3.8, 4) is 22.9 Å². The molecule has 0 saturated heterocycles. The second-order valence-corrected chi connectivity index (χ2v) is 7.67. The van der Waals surface area contributed by atoms with E-state index in [-0.39, 0.29) is 5.91 Å². The van der Waals surface area contributed by atoms with E-state index >= 15 is 0 Å². The summed E-state index contributed by atoms with van der Waals surface area (Å²) in [4.78, 5) is 20.2. The molecule has 31 heavy (non-hydrogen) atoms. The van der Waals surface area contributed by atoms with Crippen LogP contribution in [-0.4, -0.2) is 15.5 Å². The molecule has 0 fully saturated rings. The number of nitrogens with zero attached hydrogens (tertiary/aromatic N) is 3. The van der Waals surface area contributed by atoms with Gasteiger partial charge in [0.15, 0.2) is 11.5 Å². The molecule has 5 nitrogen and oxygen atoms in total. The Balaban J connectivity index is 1.43. The van der Waals surface area contributed by atoms with Crippen LogP contribution in [-0.2, 0) is 0 Å². The van der Waals surface area contributed by atoms with Crippen LogP contribution in [0, 0.1) is 0 Å². The lowest BCUT2D eigenvalue weighted by molar-refractivity contribution is 0.0973. The van der Waals surface area contributed by atoms with Crippen molar-refractivity contribution in [2.75, 3.05) is 4.90 Å². The molecule has 2 aliphatic heterocycles. The summed E-state index contributed by atoms with van der Waals surface area (Å²) < 4.78 is 7.82. The van der Waals surface area contributed by atoms with Crippen molar-refractivity contribution in [3.63, 3.8) is 0 Å². The number of para-hydroxylation sites is 6. The number of aromatic nitrogens is 2. The number of anilines is 3. The number of hydrogen-bond donors (Lipinski definition) is 0. The number of imidazole rings is 1. The Morgan fingerprint density at radius 1 is 0.710 bits per heavy atom. The summed E-state index contributed by atoms with van der Waals surface area (Å²) in [6.07, 6.45) is 0. The fourth-order valence-corrected chi connectivity index (χ4v) is 4.56. The highest BCUT2D eigenvalue weighted by Crippen LogP contribution is 2.50. The van der Waals surface area contributed by atoms with E-state index in [0.29, 0.717) is 11.4 Å². The fraction of sp³-hybridized carbons (Fsp3) is 0. The van der Waals surface area contributed by atoms with Gasteiger partial charge >= 0.3 is 0 Å². The van der Waals surface area contributed by atoms with Crippen molar-refractivity contribution in [1.82, 2.24) is 9.55 Å². The minimum absolute atomic E-state index is 0.0459. The van der Waals surface area contributed by atoms with E-state index < -0.39 is 0 Å². The minimum Gasteiger partial charge on any atom is -0.453 e. The predicted octanol–water partition coefficient (Wildman–Crippen LogP) is 6.28. The van der Waals surface area contributed by atoms with Crippen molar-refractivity contribution in [1.29, 1.82) is 0 Å². The summed E-state index contributed by atoms with van der Waals surface area (Å²) in [5, 5.41) is 0. The second-order valence-electron chi connectivity index (χ2n) is 7.67. The standard InChI is InChI=1S/C26H15N3O2/c30-26-18-15-16(13-14-17(18)25-27-19-7-1-2-8-20(19)29(25)26)28-21-9-3-5-11-23(21)31-24-12-6-4-10-22(24)28/h1-15H. The highest BCUT2D eigenvalue weighted by atomic mass is 16.5.